The highest BCUT2D eigenvalue weighted by atomic mass is 35.5. The van der Waals surface area contributed by atoms with Gasteiger partial charge in [0.15, 0.2) is 0 Å². The number of alkyl halides is 1. The Bertz CT molecular complexity index is 205. The van der Waals surface area contributed by atoms with Gasteiger partial charge in [-0.25, -0.2) is 0 Å². The van der Waals surface area contributed by atoms with Crippen molar-refractivity contribution in [1.82, 2.24) is 5.32 Å². The highest BCUT2D eigenvalue weighted by molar-refractivity contribution is 6.18. The number of fused-ring (bicyclic) bond motifs is 2. The van der Waals surface area contributed by atoms with Gasteiger partial charge in [0, 0.05) is 11.9 Å². The molecular weight excluding hydrogens is 206 g/mol. The van der Waals surface area contributed by atoms with Crippen LogP contribution in [0.3, 0.4) is 0 Å². The van der Waals surface area contributed by atoms with Gasteiger partial charge in [-0.2, -0.15) is 0 Å². The second kappa shape index (κ2) is 5.05. The quantitative estimate of drug-likeness (QED) is 0.714. The maximum atomic E-state index is 5.96. The molecule has 4 unspecified atom stereocenters. The zero-order valence-corrected chi connectivity index (χ0v) is 10.8. The van der Waals surface area contributed by atoms with E-state index in [0.29, 0.717) is 12.0 Å². The molecule has 0 aliphatic heterocycles. The first kappa shape index (κ1) is 11.7. The number of nitrogens with one attached hydrogen (secondary N) is 1. The predicted molar refractivity (Wildman–Crippen MR) is 66.3 cm³/mol. The maximum absolute atomic E-state index is 5.96. The molecule has 1 nitrogen and oxygen atoms in total. The maximum Gasteiger partial charge on any atom is 0.0379 e. The van der Waals surface area contributed by atoms with Gasteiger partial charge in [-0.15, -0.1) is 11.6 Å². The molecule has 2 bridgehead atoms. The van der Waals surface area contributed by atoms with Crippen molar-refractivity contribution in [2.75, 3.05) is 12.4 Å². The number of rotatable bonds is 5. The second-order valence-electron chi connectivity index (χ2n) is 5.85. The van der Waals surface area contributed by atoms with Gasteiger partial charge in [-0.1, -0.05) is 20.3 Å². The van der Waals surface area contributed by atoms with Gasteiger partial charge in [0.2, 0.25) is 0 Å². The zero-order valence-electron chi connectivity index (χ0n) is 10.0. The van der Waals surface area contributed by atoms with Crippen LogP contribution in [0.5, 0.6) is 0 Å². The highest BCUT2D eigenvalue weighted by Crippen LogP contribution is 2.47. The minimum absolute atomic E-state index is 0.505. The Hall–Kier alpha value is 0.250. The van der Waals surface area contributed by atoms with Crippen LogP contribution < -0.4 is 5.32 Å². The molecule has 15 heavy (non-hydrogen) atoms. The van der Waals surface area contributed by atoms with Crippen molar-refractivity contribution in [2.24, 2.45) is 23.7 Å². The SMILES string of the molecule is CC(C)C(CCl)NCC1CC2CCC1C2. The van der Waals surface area contributed by atoms with E-state index in [1.165, 1.54) is 32.2 Å². The van der Waals surface area contributed by atoms with E-state index in [1.54, 1.807) is 0 Å². The summed E-state index contributed by atoms with van der Waals surface area (Å²) in [5, 5.41) is 3.66. The summed E-state index contributed by atoms with van der Waals surface area (Å²) in [4.78, 5) is 0. The molecule has 0 radical (unpaired) electrons. The fraction of sp³-hybridized carbons (Fsp3) is 1.00. The van der Waals surface area contributed by atoms with E-state index in [2.05, 4.69) is 19.2 Å². The molecule has 2 fully saturated rings. The van der Waals surface area contributed by atoms with Gasteiger partial charge >= 0.3 is 0 Å². The molecule has 2 rings (SSSR count). The molecule has 2 aliphatic rings. The minimum atomic E-state index is 0.505. The fourth-order valence-corrected chi connectivity index (χ4v) is 3.86. The van der Waals surface area contributed by atoms with Crippen LogP contribution in [0.2, 0.25) is 0 Å². The normalized spacial score (nSPS) is 36.4. The zero-order chi connectivity index (χ0) is 10.8. The van der Waals surface area contributed by atoms with Crippen LogP contribution in [-0.2, 0) is 0 Å². The minimum Gasteiger partial charge on any atom is -0.312 e. The third kappa shape index (κ3) is 2.68. The van der Waals surface area contributed by atoms with Crippen LogP contribution in [0.25, 0.3) is 0 Å². The molecule has 0 heterocycles. The van der Waals surface area contributed by atoms with Gasteiger partial charge in [0.05, 0.1) is 0 Å². The highest BCUT2D eigenvalue weighted by Gasteiger charge is 2.39. The van der Waals surface area contributed by atoms with E-state index in [4.69, 9.17) is 11.6 Å². The van der Waals surface area contributed by atoms with Crippen molar-refractivity contribution in [3.8, 4) is 0 Å². The first-order valence-corrected chi connectivity index (χ1v) is 7.03. The number of hydrogen-bond acceptors (Lipinski definition) is 1. The molecule has 88 valence electrons. The van der Waals surface area contributed by atoms with Gasteiger partial charge in [-0.05, 0) is 49.5 Å². The standard InChI is InChI=1S/C13H24ClN/c1-9(2)13(7-14)15-8-12-6-10-3-4-11(12)5-10/h9-13,15H,3-8H2,1-2H3. The van der Waals surface area contributed by atoms with E-state index >= 15 is 0 Å². The monoisotopic (exact) mass is 229 g/mol. The lowest BCUT2D eigenvalue weighted by molar-refractivity contribution is 0.295. The van der Waals surface area contributed by atoms with Crippen LogP contribution in [0, 0.1) is 23.7 Å². The molecular formula is C13H24ClN. The summed E-state index contributed by atoms with van der Waals surface area (Å²) >= 11 is 5.96. The molecule has 0 aromatic carbocycles. The van der Waals surface area contributed by atoms with Crippen LogP contribution in [0.1, 0.15) is 39.5 Å². The van der Waals surface area contributed by atoms with Crippen LogP contribution in [-0.4, -0.2) is 18.5 Å². The van der Waals surface area contributed by atoms with E-state index in [0.717, 1.165) is 23.6 Å². The molecule has 0 aromatic rings. The molecule has 0 aromatic heterocycles. The van der Waals surface area contributed by atoms with Crippen LogP contribution in [0.15, 0.2) is 0 Å². The summed E-state index contributed by atoms with van der Waals surface area (Å²) in [5.41, 5.74) is 0. The lowest BCUT2D eigenvalue weighted by atomic mass is 9.88. The first-order valence-electron chi connectivity index (χ1n) is 6.50. The predicted octanol–water partition coefficient (Wildman–Crippen LogP) is 3.28. The van der Waals surface area contributed by atoms with Crippen molar-refractivity contribution in [3.05, 3.63) is 0 Å². The van der Waals surface area contributed by atoms with E-state index in [1.807, 2.05) is 0 Å². The Morgan fingerprint density at radius 3 is 2.53 bits per heavy atom. The molecule has 1 N–H and O–H groups in total. The van der Waals surface area contributed by atoms with E-state index in [9.17, 15) is 0 Å². The largest absolute Gasteiger partial charge is 0.312 e. The van der Waals surface area contributed by atoms with E-state index < -0.39 is 0 Å². The second-order valence-corrected chi connectivity index (χ2v) is 6.16. The average Bonchev–Trinajstić information content (AvgIpc) is 2.79. The summed E-state index contributed by atoms with van der Waals surface area (Å²) in [6, 6.07) is 0.505. The summed E-state index contributed by atoms with van der Waals surface area (Å²) in [5.74, 6) is 4.45. The molecule has 2 saturated carbocycles. The fourth-order valence-electron chi connectivity index (χ4n) is 3.40. The molecule has 2 heteroatoms. The summed E-state index contributed by atoms with van der Waals surface area (Å²) in [6.45, 7) is 5.71. The molecule has 0 saturated heterocycles. The topological polar surface area (TPSA) is 12.0 Å². The van der Waals surface area contributed by atoms with Gasteiger partial charge in [-0.3, -0.25) is 0 Å². The van der Waals surface area contributed by atoms with Crippen LogP contribution >= 0.6 is 11.6 Å². The van der Waals surface area contributed by atoms with Crippen molar-refractivity contribution >= 4 is 11.6 Å². The molecule has 0 spiro atoms. The van der Waals surface area contributed by atoms with Gasteiger partial charge in [0.25, 0.3) is 0 Å². The first-order chi connectivity index (χ1) is 7.20. The van der Waals surface area contributed by atoms with Crippen molar-refractivity contribution < 1.29 is 0 Å². The summed E-state index contributed by atoms with van der Waals surface area (Å²) < 4.78 is 0. The van der Waals surface area contributed by atoms with Crippen molar-refractivity contribution in [1.29, 1.82) is 0 Å². The van der Waals surface area contributed by atoms with E-state index in [-0.39, 0.29) is 0 Å². The third-order valence-electron chi connectivity index (χ3n) is 4.50. The number of hydrogen-bond donors (Lipinski definition) is 1. The van der Waals surface area contributed by atoms with Crippen molar-refractivity contribution in [2.45, 2.75) is 45.6 Å². The Morgan fingerprint density at radius 2 is 2.07 bits per heavy atom. The summed E-state index contributed by atoms with van der Waals surface area (Å²) in [7, 11) is 0. The smallest absolute Gasteiger partial charge is 0.0379 e. The third-order valence-corrected chi connectivity index (χ3v) is 4.83. The Balaban J connectivity index is 1.73. The molecule has 4 atom stereocenters. The van der Waals surface area contributed by atoms with Gasteiger partial charge in [0.1, 0.15) is 0 Å². The Labute approximate surface area is 99.0 Å². The Morgan fingerprint density at radius 1 is 1.27 bits per heavy atom. The van der Waals surface area contributed by atoms with Crippen molar-refractivity contribution in [3.63, 3.8) is 0 Å². The van der Waals surface area contributed by atoms with Gasteiger partial charge < -0.3 is 5.32 Å². The molecule has 0 amide bonds. The van der Waals surface area contributed by atoms with Crippen LogP contribution in [0.4, 0.5) is 0 Å². The summed E-state index contributed by atoms with van der Waals surface area (Å²) in [6.07, 6.45) is 5.98. The lowest BCUT2D eigenvalue weighted by Gasteiger charge is -2.26. The average molecular weight is 230 g/mol. The number of halogens is 1. The Kier molecular flexibility index (Phi) is 3.95. The lowest BCUT2D eigenvalue weighted by Crippen LogP contribution is -2.39. The molecule has 2 aliphatic carbocycles.